The van der Waals surface area contributed by atoms with E-state index >= 15 is 0 Å². The van der Waals surface area contributed by atoms with Crippen molar-refractivity contribution in [3.05, 3.63) is 176 Å². The third-order valence-corrected chi connectivity index (χ3v) is 10.0. The number of nitrogens with zero attached hydrogens (tertiary/aromatic N) is 6. The summed E-state index contributed by atoms with van der Waals surface area (Å²) in [5.41, 5.74) is 10.1. The second-order valence-electron chi connectivity index (χ2n) is 11.4. The lowest BCUT2D eigenvalue weighted by atomic mass is 9.98. The van der Waals surface area contributed by atoms with E-state index in [1.165, 1.54) is 0 Å². The molecule has 0 radical (unpaired) electrons. The predicted molar refractivity (Wildman–Crippen MR) is 230 cm³/mol. The van der Waals surface area contributed by atoms with Gasteiger partial charge in [-0.3, -0.25) is 9.97 Å². The molecule has 4 aromatic carbocycles. The summed E-state index contributed by atoms with van der Waals surface area (Å²) in [5, 5.41) is 8.78. The molecule has 0 aliphatic carbocycles. The van der Waals surface area contributed by atoms with Gasteiger partial charge in [0.15, 0.2) is 0 Å². The second kappa shape index (κ2) is 17.9. The zero-order valence-electron chi connectivity index (χ0n) is 27.2. The standard InChI is InChI=1S/C22H14Br2N2.C20H12Br2N4.CH4/c23-17-8-4-15(5-9-17)19-12-13-21(20-3-1-2-14-25-20)26-22(19)16-6-10-18(24)11-7-16;21-15-8-4-13(5-9-15)18-19(14-6-10-16(22)11-7-14)25-26-20(24-18)17-3-1-2-12-23-17;/h1-14H;1-12H;1H4. The number of pyridine rings is 3. The molecule has 0 N–H and O–H groups in total. The maximum absolute atomic E-state index is 4.95. The highest BCUT2D eigenvalue weighted by Crippen LogP contribution is 2.34. The normalized spacial score (nSPS) is 10.5. The van der Waals surface area contributed by atoms with Crippen LogP contribution in [0.15, 0.2) is 176 Å². The van der Waals surface area contributed by atoms with Crippen LogP contribution in [0.5, 0.6) is 0 Å². The Hall–Kier alpha value is -4.74. The monoisotopic (exact) mass is 946 g/mol. The van der Waals surface area contributed by atoms with Crippen molar-refractivity contribution < 1.29 is 0 Å². The molecule has 0 saturated carbocycles. The van der Waals surface area contributed by atoms with Crippen molar-refractivity contribution in [1.29, 1.82) is 0 Å². The molecule has 260 valence electrons. The molecule has 0 amide bonds. The van der Waals surface area contributed by atoms with E-state index in [0.717, 1.165) is 74.2 Å². The molecule has 0 aliphatic rings. The molecule has 0 aliphatic heterocycles. The molecule has 6 nitrogen and oxygen atoms in total. The summed E-state index contributed by atoms with van der Waals surface area (Å²) in [6, 6.07) is 48.2. The van der Waals surface area contributed by atoms with Gasteiger partial charge in [-0.2, -0.15) is 0 Å². The SMILES string of the molecule is Brc1ccc(-c2ccc(-c3ccccn3)nc2-c2ccc(Br)cc2)cc1.Brc1ccc(-c2nnc(-c3ccccn3)nc2-c2ccc(Br)cc2)cc1.C. The maximum Gasteiger partial charge on any atom is 0.201 e. The van der Waals surface area contributed by atoms with E-state index in [4.69, 9.17) is 9.97 Å². The number of rotatable bonds is 6. The summed E-state index contributed by atoms with van der Waals surface area (Å²) in [6.07, 6.45) is 3.51. The molecule has 10 heteroatoms. The fourth-order valence-corrected chi connectivity index (χ4v) is 6.40. The quantitative estimate of drug-likeness (QED) is 0.165. The first-order valence-corrected chi connectivity index (χ1v) is 19.2. The molecule has 0 spiro atoms. The van der Waals surface area contributed by atoms with E-state index in [2.05, 4.69) is 114 Å². The Morgan fingerprint density at radius 3 is 1.28 bits per heavy atom. The fourth-order valence-electron chi connectivity index (χ4n) is 5.35. The summed E-state index contributed by atoms with van der Waals surface area (Å²) < 4.78 is 4.13. The number of benzene rings is 4. The van der Waals surface area contributed by atoms with Crippen molar-refractivity contribution in [2.45, 2.75) is 7.43 Å². The van der Waals surface area contributed by atoms with Gasteiger partial charge in [-0.25, -0.2) is 9.97 Å². The van der Waals surface area contributed by atoms with Crippen LogP contribution in [0.2, 0.25) is 0 Å². The van der Waals surface area contributed by atoms with Crippen LogP contribution in [-0.4, -0.2) is 30.1 Å². The van der Waals surface area contributed by atoms with Crippen LogP contribution in [0.4, 0.5) is 0 Å². The third-order valence-electron chi connectivity index (χ3n) is 7.91. The van der Waals surface area contributed by atoms with Gasteiger partial charge in [-0.1, -0.05) is 132 Å². The Morgan fingerprint density at radius 1 is 0.340 bits per heavy atom. The first-order valence-electron chi connectivity index (χ1n) is 16.0. The largest absolute Gasteiger partial charge is 0.255 e. The van der Waals surface area contributed by atoms with Crippen LogP contribution in [0.1, 0.15) is 7.43 Å². The van der Waals surface area contributed by atoms with Crippen LogP contribution in [-0.2, 0) is 0 Å². The van der Waals surface area contributed by atoms with Crippen LogP contribution in [0.3, 0.4) is 0 Å². The van der Waals surface area contributed by atoms with E-state index < -0.39 is 0 Å². The molecular formula is C43H30Br4N6. The number of aromatic nitrogens is 6. The van der Waals surface area contributed by atoms with Gasteiger partial charge >= 0.3 is 0 Å². The Bertz CT molecular complexity index is 2240. The van der Waals surface area contributed by atoms with Crippen LogP contribution < -0.4 is 0 Å². The minimum atomic E-state index is 0. The average Bonchev–Trinajstić information content (AvgIpc) is 3.20. The molecule has 0 fully saturated rings. The zero-order valence-corrected chi connectivity index (χ0v) is 33.6. The van der Waals surface area contributed by atoms with E-state index in [0.29, 0.717) is 11.5 Å². The van der Waals surface area contributed by atoms with Crippen molar-refractivity contribution in [1.82, 2.24) is 30.1 Å². The smallest absolute Gasteiger partial charge is 0.201 e. The molecule has 4 heterocycles. The van der Waals surface area contributed by atoms with Gasteiger partial charge in [0.05, 0.1) is 17.1 Å². The average molecular weight is 950 g/mol. The van der Waals surface area contributed by atoms with E-state index in [-0.39, 0.29) is 7.43 Å². The highest BCUT2D eigenvalue weighted by Gasteiger charge is 2.16. The highest BCUT2D eigenvalue weighted by atomic mass is 79.9. The molecule has 4 aromatic heterocycles. The van der Waals surface area contributed by atoms with E-state index in [1.54, 1.807) is 12.4 Å². The topological polar surface area (TPSA) is 77.3 Å². The highest BCUT2D eigenvalue weighted by molar-refractivity contribution is 9.11. The zero-order chi connectivity index (χ0) is 35.9. The first kappa shape index (κ1) is 38.0. The Morgan fingerprint density at radius 2 is 0.792 bits per heavy atom. The van der Waals surface area contributed by atoms with E-state index in [1.807, 2.05) is 115 Å². The molecule has 8 aromatic rings. The van der Waals surface area contributed by atoms with Crippen LogP contribution in [0.25, 0.3) is 67.8 Å². The minimum absolute atomic E-state index is 0. The van der Waals surface area contributed by atoms with Crippen molar-refractivity contribution in [2.24, 2.45) is 0 Å². The molecule has 0 unspecified atom stereocenters. The summed E-state index contributed by atoms with van der Waals surface area (Å²) in [6.45, 7) is 0. The van der Waals surface area contributed by atoms with Crippen LogP contribution >= 0.6 is 63.7 Å². The summed E-state index contributed by atoms with van der Waals surface area (Å²) >= 11 is 14.0. The van der Waals surface area contributed by atoms with Gasteiger partial charge in [0.25, 0.3) is 0 Å². The van der Waals surface area contributed by atoms with Gasteiger partial charge in [0.1, 0.15) is 17.1 Å². The third kappa shape index (κ3) is 9.44. The predicted octanol–water partition coefficient (Wildman–Crippen LogP) is 13.4. The Kier molecular flexibility index (Phi) is 12.8. The van der Waals surface area contributed by atoms with Gasteiger partial charge in [0.2, 0.25) is 5.82 Å². The lowest BCUT2D eigenvalue weighted by Gasteiger charge is -2.12. The number of hydrogen-bond donors (Lipinski definition) is 0. The fraction of sp³-hybridized carbons (Fsp3) is 0.0233. The van der Waals surface area contributed by atoms with Crippen molar-refractivity contribution in [3.63, 3.8) is 0 Å². The van der Waals surface area contributed by atoms with Crippen LogP contribution in [0, 0.1) is 0 Å². The molecule has 0 saturated heterocycles. The Balaban J connectivity index is 0.000000178. The van der Waals surface area contributed by atoms with Gasteiger partial charge < -0.3 is 0 Å². The van der Waals surface area contributed by atoms with Crippen molar-refractivity contribution in [3.8, 4) is 67.8 Å². The first-order chi connectivity index (χ1) is 25.4. The van der Waals surface area contributed by atoms with E-state index in [9.17, 15) is 0 Å². The van der Waals surface area contributed by atoms with Crippen molar-refractivity contribution >= 4 is 63.7 Å². The molecule has 53 heavy (non-hydrogen) atoms. The molecular weight excluding hydrogens is 920 g/mol. The van der Waals surface area contributed by atoms with Gasteiger partial charge in [-0.05, 0) is 90.5 Å². The lowest BCUT2D eigenvalue weighted by molar-refractivity contribution is 0.981. The van der Waals surface area contributed by atoms with Gasteiger partial charge in [-0.15, -0.1) is 10.2 Å². The second-order valence-corrected chi connectivity index (χ2v) is 15.0. The minimum Gasteiger partial charge on any atom is -0.255 e. The maximum atomic E-state index is 4.95. The van der Waals surface area contributed by atoms with Crippen molar-refractivity contribution in [2.75, 3.05) is 0 Å². The summed E-state index contributed by atoms with van der Waals surface area (Å²) in [4.78, 5) is 18.5. The molecule has 0 bridgehead atoms. The summed E-state index contributed by atoms with van der Waals surface area (Å²) in [5.74, 6) is 0.504. The van der Waals surface area contributed by atoms with Gasteiger partial charge in [0, 0.05) is 52.5 Å². The summed E-state index contributed by atoms with van der Waals surface area (Å²) in [7, 11) is 0. The number of halogens is 4. The Labute approximate surface area is 342 Å². The number of hydrogen-bond acceptors (Lipinski definition) is 6. The lowest BCUT2D eigenvalue weighted by Crippen LogP contribution is -2.00. The molecule has 8 rings (SSSR count). The molecule has 0 atom stereocenters.